The summed E-state index contributed by atoms with van der Waals surface area (Å²) in [5.41, 5.74) is 3.16. The van der Waals surface area contributed by atoms with Crippen molar-refractivity contribution >= 4 is 29.0 Å². The Hall–Kier alpha value is -0.600. The number of thioether (sulfide) groups is 1. The molecular weight excluding hydrogens is 260 g/mol. The van der Waals surface area contributed by atoms with E-state index >= 15 is 0 Å². The number of hydrogen-bond donors (Lipinski definition) is 4. The van der Waals surface area contributed by atoms with E-state index in [4.69, 9.17) is 10.9 Å². The van der Waals surface area contributed by atoms with Gasteiger partial charge in [0, 0.05) is 16.4 Å². The summed E-state index contributed by atoms with van der Waals surface area (Å²) in [6, 6.07) is 1.81. The van der Waals surface area contributed by atoms with E-state index in [-0.39, 0.29) is 12.5 Å². The third kappa shape index (κ3) is 4.29. The minimum absolute atomic E-state index is 0.226. The van der Waals surface area contributed by atoms with Gasteiger partial charge in [-0.1, -0.05) is 0 Å². The molecule has 0 aliphatic rings. The normalized spacial score (nSPS) is 12.5. The van der Waals surface area contributed by atoms with Gasteiger partial charge in [0.15, 0.2) is 0 Å². The van der Waals surface area contributed by atoms with Crippen LogP contribution in [0.15, 0.2) is 6.07 Å². The number of nitrogens with one attached hydrogen (secondary N) is 1. The number of aryl methyl sites for hydroxylation is 1. The number of aliphatic hydroxyl groups is 2. The lowest BCUT2D eigenvalue weighted by molar-refractivity contribution is 0.0957. The molecule has 1 atom stereocenters. The van der Waals surface area contributed by atoms with Crippen LogP contribution in [0, 0.1) is 6.92 Å². The molecule has 96 valence electrons. The Labute approximate surface area is 108 Å². The van der Waals surface area contributed by atoms with Gasteiger partial charge in [-0.05, 0) is 18.6 Å². The zero-order valence-corrected chi connectivity index (χ0v) is 11.1. The molecule has 0 aromatic carbocycles. The van der Waals surface area contributed by atoms with Crippen LogP contribution in [0.25, 0.3) is 0 Å². The van der Waals surface area contributed by atoms with Gasteiger partial charge in [0.2, 0.25) is 0 Å². The SMILES string of the molecule is Cc1sc(C(=O)NN)cc1CSCC(O)CO. The van der Waals surface area contributed by atoms with E-state index < -0.39 is 6.10 Å². The van der Waals surface area contributed by atoms with Gasteiger partial charge >= 0.3 is 0 Å². The highest BCUT2D eigenvalue weighted by atomic mass is 32.2. The Balaban J connectivity index is 2.54. The molecule has 0 aliphatic heterocycles. The minimum Gasteiger partial charge on any atom is -0.394 e. The fourth-order valence-electron chi connectivity index (χ4n) is 1.20. The number of hydrazine groups is 1. The molecule has 0 saturated carbocycles. The number of rotatable bonds is 6. The van der Waals surface area contributed by atoms with Gasteiger partial charge in [-0.2, -0.15) is 11.8 Å². The van der Waals surface area contributed by atoms with E-state index in [1.54, 1.807) is 6.07 Å². The van der Waals surface area contributed by atoms with Crippen LogP contribution in [0.4, 0.5) is 0 Å². The van der Waals surface area contributed by atoms with Crippen molar-refractivity contribution in [2.75, 3.05) is 12.4 Å². The second kappa shape index (κ2) is 6.97. The molecule has 0 aliphatic carbocycles. The summed E-state index contributed by atoms with van der Waals surface area (Å²) >= 11 is 2.91. The van der Waals surface area contributed by atoms with Gasteiger partial charge in [0.1, 0.15) is 0 Å². The summed E-state index contributed by atoms with van der Waals surface area (Å²) in [5.74, 6) is 5.96. The van der Waals surface area contributed by atoms with Crippen molar-refractivity contribution in [3.8, 4) is 0 Å². The minimum atomic E-state index is -0.689. The fraction of sp³-hybridized carbons (Fsp3) is 0.500. The van der Waals surface area contributed by atoms with Crippen LogP contribution in [0.3, 0.4) is 0 Å². The molecule has 5 N–H and O–H groups in total. The number of nitrogen functional groups attached to an aromatic ring is 1. The molecular formula is C10H16N2O3S2. The average Bonchev–Trinajstić information content (AvgIpc) is 2.69. The van der Waals surface area contributed by atoms with E-state index in [1.807, 2.05) is 6.92 Å². The number of thiophene rings is 1. The van der Waals surface area contributed by atoms with Crippen molar-refractivity contribution < 1.29 is 15.0 Å². The van der Waals surface area contributed by atoms with Crippen LogP contribution in [0.2, 0.25) is 0 Å². The standard InChI is InChI=1S/C10H16N2O3S2/c1-6-7(4-16-5-8(14)3-13)2-9(17-6)10(15)12-11/h2,8,13-14H,3-5,11H2,1H3,(H,12,15). The maximum atomic E-state index is 11.3. The first-order valence-electron chi connectivity index (χ1n) is 5.05. The Morgan fingerprint density at radius 1 is 1.71 bits per heavy atom. The molecule has 0 bridgehead atoms. The van der Waals surface area contributed by atoms with E-state index in [1.165, 1.54) is 23.1 Å². The number of amides is 1. The number of hydrogen-bond acceptors (Lipinski definition) is 6. The molecule has 5 nitrogen and oxygen atoms in total. The van der Waals surface area contributed by atoms with Crippen LogP contribution in [0.5, 0.6) is 0 Å². The molecule has 1 aromatic rings. The van der Waals surface area contributed by atoms with Gasteiger partial charge in [0.25, 0.3) is 5.91 Å². The Bertz CT molecular complexity index is 382. The summed E-state index contributed by atoms with van der Waals surface area (Å²) in [6.45, 7) is 1.72. The second-order valence-corrected chi connectivity index (χ2v) is 5.80. The van der Waals surface area contributed by atoms with Crippen molar-refractivity contribution in [2.45, 2.75) is 18.8 Å². The van der Waals surface area contributed by atoms with Crippen molar-refractivity contribution in [2.24, 2.45) is 5.84 Å². The van der Waals surface area contributed by atoms with Crippen molar-refractivity contribution in [3.63, 3.8) is 0 Å². The summed E-state index contributed by atoms with van der Waals surface area (Å²) in [4.78, 5) is 13.0. The smallest absolute Gasteiger partial charge is 0.275 e. The second-order valence-electron chi connectivity index (χ2n) is 3.52. The van der Waals surface area contributed by atoms with Gasteiger partial charge < -0.3 is 10.2 Å². The maximum Gasteiger partial charge on any atom is 0.275 e. The highest BCUT2D eigenvalue weighted by molar-refractivity contribution is 7.98. The predicted octanol–water partition coefficient (Wildman–Crippen LogP) is 0.246. The zero-order valence-electron chi connectivity index (χ0n) is 9.47. The predicted molar refractivity (Wildman–Crippen MR) is 70.0 cm³/mol. The third-order valence-electron chi connectivity index (χ3n) is 2.15. The first-order chi connectivity index (χ1) is 8.08. The zero-order chi connectivity index (χ0) is 12.8. The van der Waals surface area contributed by atoms with Gasteiger partial charge in [-0.3, -0.25) is 10.2 Å². The van der Waals surface area contributed by atoms with E-state index in [0.717, 1.165) is 10.4 Å². The number of carbonyl (C=O) groups excluding carboxylic acids is 1. The molecule has 17 heavy (non-hydrogen) atoms. The molecule has 1 heterocycles. The first kappa shape index (κ1) is 14.5. The molecule has 0 spiro atoms. The van der Waals surface area contributed by atoms with Crippen LogP contribution in [-0.4, -0.2) is 34.6 Å². The molecule has 0 radical (unpaired) electrons. The van der Waals surface area contributed by atoms with Crippen LogP contribution >= 0.6 is 23.1 Å². The van der Waals surface area contributed by atoms with E-state index in [2.05, 4.69) is 5.43 Å². The molecule has 0 fully saturated rings. The number of nitrogens with two attached hydrogens (primary N) is 1. The lowest BCUT2D eigenvalue weighted by Gasteiger charge is -2.05. The van der Waals surface area contributed by atoms with Crippen molar-refractivity contribution in [1.29, 1.82) is 0 Å². The molecule has 7 heteroatoms. The highest BCUT2D eigenvalue weighted by Gasteiger charge is 2.11. The highest BCUT2D eigenvalue weighted by Crippen LogP contribution is 2.25. The Morgan fingerprint density at radius 2 is 2.41 bits per heavy atom. The molecule has 0 saturated heterocycles. The van der Waals surface area contributed by atoms with E-state index in [9.17, 15) is 9.90 Å². The molecule has 1 amide bonds. The third-order valence-corrected chi connectivity index (χ3v) is 4.38. The Kier molecular flexibility index (Phi) is 5.93. The number of carbonyl (C=O) groups is 1. The van der Waals surface area contributed by atoms with Crippen molar-refractivity contribution in [3.05, 3.63) is 21.4 Å². The van der Waals surface area contributed by atoms with Crippen LogP contribution in [-0.2, 0) is 5.75 Å². The fourth-order valence-corrected chi connectivity index (χ4v) is 3.26. The lowest BCUT2D eigenvalue weighted by atomic mass is 10.3. The molecule has 1 aromatic heterocycles. The molecule has 1 rings (SSSR count). The largest absolute Gasteiger partial charge is 0.394 e. The lowest BCUT2D eigenvalue weighted by Crippen LogP contribution is -2.29. The average molecular weight is 276 g/mol. The maximum absolute atomic E-state index is 11.3. The van der Waals surface area contributed by atoms with Crippen molar-refractivity contribution in [1.82, 2.24) is 5.43 Å². The van der Waals surface area contributed by atoms with Crippen LogP contribution in [0.1, 0.15) is 20.1 Å². The summed E-state index contributed by atoms with van der Waals surface area (Å²) in [5, 5.41) is 17.9. The summed E-state index contributed by atoms with van der Waals surface area (Å²) in [6.07, 6.45) is -0.689. The summed E-state index contributed by atoms with van der Waals surface area (Å²) in [7, 11) is 0. The number of aliphatic hydroxyl groups excluding tert-OH is 2. The topological polar surface area (TPSA) is 95.6 Å². The first-order valence-corrected chi connectivity index (χ1v) is 7.02. The van der Waals surface area contributed by atoms with Gasteiger partial charge in [-0.15, -0.1) is 11.3 Å². The van der Waals surface area contributed by atoms with Gasteiger partial charge in [-0.25, -0.2) is 5.84 Å². The van der Waals surface area contributed by atoms with Crippen LogP contribution < -0.4 is 11.3 Å². The molecule has 1 unspecified atom stereocenters. The van der Waals surface area contributed by atoms with E-state index in [0.29, 0.717) is 16.4 Å². The Morgan fingerprint density at radius 3 is 3.00 bits per heavy atom. The monoisotopic (exact) mass is 276 g/mol. The quantitative estimate of drug-likeness (QED) is 0.339. The van der Waals surface area contributed by atoms with Gasteiger partial charge in [0.05, 0.1) is 17.6 Å². The summed E-state index contributed by atoms with van der Waals surface area (Å²) < 4.78 is 0.